The number of alkyl halides is 1. The number of nitrogens with two attached hydrogens (primary N) is 2. The van der Waals surface area contributed by atoms with Crippen molar-refractivity contribution in [1.82, 2.24) is 0 Å². The highest BCUT2D eigenvalue weighted by Gasteiger charge is 2.25. The Morgan fingerprint density at radius 3 is 2.11 bits per heavy atom. The zero-order valence-electron chi connectivity index (χ0n) is 10.2. The first-order valence-corrected chi connectivity index (χ1v) is 5.41. The van der Waals surface area contributed by atoms with E-state index in [0.29, 0.717) is 13.2 Å². The maximum atomic E-state index is 13.6. The van der Waals surface area contributed by atoms with E-state index in [9.17, 15) is 4.39 Å². The number of rotatable bonds is 7. The Hall–Kier alpha value is -0.390. The van der Waals surface area contributed by atoms with Crippen molar-refractivity contribution in [2.24, 2.45) is 11.5 Å². The van der Waals surface area contributed by atoms with E-state index in [1.54, 1.807) is 0 Å². The Morgan fingerprint density at radius 1 is 1.06 bits per heavy atom. The fourth-order valence-corrected chi connectivity index (χ4v) is 1.31. The van der Waals surface area contributed by atoms with Gasteiger partial charge in [0.15, 0.2) is 0 Å². The third-order valence-electron chi connectivity index (χ3n) is 2.54. The van der Waals surface area contributed by atoms with Crippen LogP contribution in [-0.4, -0.2) is 25.4 Å². The monoisotopic (exact) mass is 298 g/mol. The van der Waals surface area contributed by atoms with Crippen molar-refractivity contribution < 1.29 is 9.13 Å². The first-order chi connectivity index (χ1) is 7.70. The van der Waals surface area contributed by atoms with E-state index >= 15 is 0 Å². The van der Waals surface area contributed by atoms with Crippen molar-refractivity contribution in [2.45, 2.75) is 18.7 Å². The molecule has 0 unspecified atom stereocenters. The number of ether oxygens (including phenoxy) is 1. The molecule has 1 aromatic carbocycles. The summed E-state index contributed by atoms with van der Waals surface area (Å²) in [5.41, 5.74) is 10.2. The van der Waals surface area contributed by atoms with E-state index in [4.69, 9.17) is 16.2 Å². The molecule has 0 heterocycles. The summed E-state index contributed by atoms with van der Waals surface area (Å²) in [5.74, 6) is 0. The Labute approximate surface area is 120 Å². The van der Waals surface area contributed by atoms with Crippen LogP contribution in [0.3, 0.4) is 0 Å². The maximum Gasteiger partial charge on any atom is 0.137 e. The van der Waals surface area contributed by atoms with Crippen LogP contribution in [0.1, 0.15) is 12.0 Å². The molecule has 0 spiro atoms. The zero-order valence-corrected chi connectivity index (χ0v) is 11.8. The second kappa shape index (κ2) is 10.5. The van der Waals surface area contributed by atoms with Gasteiger partial charge in [-0.3, -0.25) is 0 Å². The standard InChI is InChI=1S/C12H19FN2O.2ClH/c13-12(9-14,10-15)6-7-16-8-11-4-2-1-3-5-11;;/h1-5H,6-10,14-15H2;2*1H. The third-order valence-corrected chi connectivity index (χ3v) is 2.54. The van der Waals surface area contributed by atoms with Crippen LogP contribution < -0.4 is 11.5 Å². The largest absolute Gasteiger partial charge is 0.377 e. The zero-order chi connectivity index (χ0) is 11.9. The van der Waals surface area contributed by atoms with Crippen molar-refractivity contribution in [3.63, 3.8) is 0 Å². The maximum absolute atomic E-state index is 13.6. The quantitative estimate of drug-likeness (QED) is 0.758. The molecule has 0 bridgehead atoms. The van der Waals surface area contributed by atoms with E-state index in [-0.39, 0.29) is 44.3 Å². The molecule has 0 fully saturated rings. The van der Waals surface area contributed by atoms with Crippen molar-refractivity contribution in [3.05, 3.63) is 35.9 Å². The van der Waals surface area contributed by atoms with Crippen LogP contribution in [0, 0.1) is 0 Å². The predicted molar refractivity (Wildman–Crippen MR) is 77.2 cm³/mol. The second-order valence-corrected chi connectivity index (χ2v) is 3.85. The lowest BCUT2D eigenvalue weighted by Crippen LogP contribution is -2.41. The molecule has 0 aromatic heterocycles. The fraction of sp³-hybridized carbons (Fsp3) is 0.500. The molecule has 106 valence electrons. The Bertz CT molecular complexity index is 297. The molecule has 0 aliphatic rings. The number of halogens is 3. The molecule has 0 saturated carbocycles. The molecule has 0 amide bonds. The van der Waals surface area contributed by atoms with E-state index in [1.807, 2.05) is 30.3 Å². The van der Waals surface area contributed by atoms with Gasteiger partial charge in [0.25, 0.3) is 0 Å². The van der Waals surface area contributed by atoms with Crippen molar-refractivity contribution in [1.29, 1.82) is 0 Å². The van der Waals surface area contributed by atoms with Gasteiger partial charge in [0.05, 0.1) is 13.2 Å². The molecule has 0 atom stereocenters. The molecule has 18 heavy (non-hydrogen) atoms. The Balaban J connectivity index is 0. The van der Waals surface area contributed by atoms with E-state index < -0.39 is 5.67 Å². The van der Waals surface area contributed by atoms with Crippen LogP contribution in [-0.2, 0) is 11.3 Å². The molecule has 0 aliphatic carbocycles. The van der Waals surface area contributed by atoms with Crippen LogP contribution >= 0.6 is 24.8 Å². The molecule has 1 rings (SSSR count). The first-order valence-electron chi connectivity index (χ1n) is 5.41. The summed E-state index contributed by atoms with van der Waals surface area (Å²) in [7, 11) is 0. The predicted octanol–water partition coefficient (Wildman–Crippen LogP) is 2.06. The minimum atomic E-state index is -1.49. The molecule has 4 N–H and O–H groups in total. The average Bonchev–Trinajstić information content (AvgIpc) is 2.36. The van der Waals surface area contributed by atoms with Gasteiger partial charge < -0.3 is 16.2 Å². The van der Waals surface area contributed by atoms with Gasteiger partial charge >= 0.3 is 0 Å². The third kappa shape index (κ3) is 7.13. The molecular weight excluding hydrogens is 278 g/mol. The molecular formula is C12H21Cl2FN2O. The number of benzene rings is 1. The molecule has 1 aromatic rings. The lowest BCUT2D eigenvalue weighted by atomic mass is 10.0. The lowest BCUT2D eigenvalue weighted by Gasteiger charge is -2.21. The first kappa shape index (κ1) is 19.9. The van der Waals surface area contributed by atoms with Gasteiger partial charge in [-0.15, -0.1) is 24.8 Å². The molecule has 0 aliphatic heterocycles. The number of hydrogen-bond donors (Lipinski definition) is 2. The van der Waals surface area contributed by atoms with Crippen LogP contribution in [0.5, 0.6) is 0 Å². The second-order valence-electron chi connectivity index (χ2n) is 3.85. The van der Waals surface area contributed by atoms with Gasteiger partial charge in [0.2, 0.25) is 0 Å². The smallest absolute Gasteiger partial charge is 0.137 e. The minimum Gasteiger partial charge on any atom is -0.377 e. The van der Waals surface area contributed by atoms with Crippen molar-refractivity contribution in [3.8, 4) is 0 Å². The van der Waals surface area contributed by atoms with Crippen molar-refractivity contribution >= 4 is 24.8 Å². The molecule has 0 saturated heterocycles. The highest BCUT2D eigenvalue weighted by atomic mass is 35.5. The highest BCUT2D eigenvalue weighted by molar-refractivity contribution is 5.85. The van der Waals surface area contributed by atoms with E-state index in [2.05, 4.69) is 0 Å². The lowest BCUT2D eigenvalue weighted by molar-refractivity contribution is 0.0675. The van der Waals surface area contributed by atoms with Gasteiger partial charge in [-0.2, -0.15) is 0 Å². The van der Waals surface area contributed by atoms with Gasteiger partial charge in [0, 0.05) is 19.5 Å². The molecule has 3 nitrogen and oxygen atoms in total. The SMILES string of the molecule is Cl.Cl.NCC(F)(CN)CCOCc1ccccc1. The topological polar surface area (TPSA) is 61.3 Å². The van der Waals surface area contributed by atoms with Gasteiger partial charge in [-0.25, -0.2) is 4.39 Å². The number of hydrogen-bond acceptors (Lipinski definition) is 3. The molecule has 0 radical (unpaired) electrons. The van der Waals surface area contributed by atoms with Crippen LogP contribution in [0.4, 0.5) is 4.39 Å². The van der Waals surface area contributed by atoms with Crippen LogP contribution in [0.25, 0.3) is 0 Å². The molecule has 6 heteroatoms. The minimum absolute atomic E-state index is 0. The van der Waals surface area contributed by atoms with Crippen LogP contribution in [0.15, 0.2) is 30.3 Å². The summed E-state index contributed by atoms with van der Waals surface area (Å²) in [4.78, 5) is 0. The summed E-state index contributed by atoms with van der Waals surface area (Å²) in [6.07, 6.45) is 0.243. The van der Waals surface area contributed by atoms with Crippen molar-refractivity contribution in [2.75, 3.05) is 19.7 Å². The summed E-state index contributed by atoms with van der Waals surface area (Å²) in [6, 6.07) is 9.76. The summed E-state index contributed by atoms with van der Waals surface area (Å²) in [5, 5.41) is 0. The van der Waals surface area contributed by atoms with E-state index in [1.165, 1.54) is 0 Å². The van der Waals surface area contributed by atoms with Gasteiger partial charge in [-0.1, -0.05) is 30.3 Å². The summed E-state index contributed by atoms with van der Waals surface area (Å²) < 4.78 is 19.0. The van der Waals surface area contributed by atoms with Gasteiger partial charge in [0.1, 0.15) is 5.67 Å². The summed E-state index contributed by atoms with van der Waals surface area (Å²) >= 11 is 0. The van der Waals surface area contributed by atoms with Gasteiger partial charge in [-0.05, 0) is 5.56 Å². The summed E-state index contributed by atoms with van der Waals surface area (Å²) in [6.45, 7) is 0.711. The fourth-order valence-electron chi connectivity index (χ4n) is 1.31. The Kier molecular flexibility index (Phi) is 11.7. The van der Waals surface area contributed by atoms with Crippen LogP contribution in [0.2, 0.25) is 0 Å². The highest BCUT2D eigenvalue weighted by Crippen LogP contribution is 2.13. The van der Waals surface area contributed by atoms with E-state index in [0.717, 1.165) is 5.56 Å². The normalized spacial score (nSPS) is 10.4. The Morgan fingerprint density at radius 2 is 1.61 bits per heavy atom. The average molecular weight is 299 g/mol.